The van der Waals surface area contributed by atoms with E-state index in [9.17, 15) is 9.90 Å². The average Bonchev–Trinajstić information content (AvgIpc) is 2.70. The summed E-state index contributed by atoms with van der Waals surface area (Å²) in [5, 5.41) is 18.4. The number of amides is 2. The van der Waals surface area contributed by atoms with Gasteiger partial charge in [0.05, 0.1) is 6.20 Å². The Bertz CT molecular complexity index is 486. The van der Waals surface area contributed by atoms with Crippen LogP contribution in [0.2, 0.25) is 0 Å². The minimum atomic E-state index is -0.406. The Morgan fingerprint density at radius 1 is 1.38 bits per heavy atom. The zero-order chi connectivity index (χ0) is 11.4. The molecule has 6 nitrogen and oxygen atoms in total. The van der Waals surface area contributed by atoms with E-state index in [1.54, 1.807) is 12.1 Å². The first-order valence-electron chi connectivity index (χ1n) is 4.38. The number of aromatic nitrogens is 2. The van der Waals surface area contributed by atoms with Gasteiger partial charge in [0.15, 0.2) is 0 Å². The lowest BCUT2D eigenvalue weighted by Gasteiger charge is -2.05. The minimum absolute atomic E-state index is 0.0947. The highest BCUT2D eigenvalue weighted by molar-refractivity contribution is 7.10. The molecule has 0 saturated heterocycles. The Morgan fingerprint density at radius 2 is 2.25 bits per heavy atom. The summed E-state index contributed by atoms with van der Waals surface area (Å²) >= 11 is 1.08. The normalized spacial score (nSPS) is 9.75. The first-order valence-corrected chi connectivity index (χ1v) is 5.16. The van der Waals surface area contributed by atoms with Gasteiger partial charge in [-0.1, -0.05) is 10.6 Å². The lowest BCUT2D eigenvalue weighted by molar-refractivity contribution is 0.262. The molecule has 0 spiro atoms. The molecule has 7 heteroatoms. The highest BCUT2D eigenvalue weighted by Crippen LogP contribution is 2.16. The first-order chi connectivity index (χ1) is 7.74. The summed E-state index contributed by atoms with van der Waals surface area (Å²) in [6, 6.07) is 5.88. The Kier molecular flexibility index (Phi) is 2.97. The van der Waals surface area contributed by atoms with Crippen LogP contribution in [0.1, 0.15) is 0 Å². The van der Waals surface area contributed by atoms with Crippen molar-refractivity contribution in [3.8, 4) is 5.75 Å². The highest BCUT2D eigenvalue weighted by atomic mass is 32.1. The van der Waals surface area contributed by atoms with Crippen molar-refractivity contribution in [1.29, 1.82) is 0 Å². The number of rotatable bonds is 2. The van der Waals surface area contributed by atoms with Gasteiger partial charge in [-0.25, -0.2) is 4.79 Å². The van der Waals surface area contributed by atoms with Crippen LogP contribution in [0, 0.1) is 0 Å². The van der Waals surface area contributed by atoms with E-state index in [0.717, 1.165) is 11.5 Å². The maximum absolute atomic E-state index is 11.4. The fourth-order valence-electron chi connectivity index (χ4n) is 1.08. The molecule has 0 saturated carbocycles. The predicted molar refractivity (Wildman–Crippen MR) is 60.7 cm³/mol. The number of urea groups is 1. The summed E-state index contributed by atoms with van der Waals surface area (Å²) in [5.74, 6) is 0.0947. The molecule has 0 fully saturated rings. The predicted octanol–water partition coefficient (Wildman–Crippen LogP) is 1.89. The Balaban J connectivity index is 1.97. The van der Waals surface area contributed by atoms with Crippen LogP contribution < -0.4 is 10.6 Å². The lowest BCUT2D eigenvalue weighted by atomic mass is 10.3. The topological polar surface area (TPSA) is 87.1 Å². The largest absolute Gasteiger partial charge is 0.508 e. The summed E-state index contributed by atoms with van der Waals surface area (Å²) in [4.78, 5) is 11.4. The molecule has 0 radical (unpaired) electrons. The van der Waals surface area contributed by atoms with Gasteiger partial charge >= 0.3 is 6.03 Å². The molecule has 0 atom stereocenters. The number of hydrogen-bond acceptors (Lipinski definition) is 5. The van der Waals surface area contributed by atoms with Crippen molar-refractivity contribution in [1.82, 2.24) is 9.59 Å². The van der Waals surface area contributed by atoms with Crippen LogP contribution >= 0.6 is 11.5 Å². The smallest absolute Gasteiger partial charge is 0.324 e. The Labute approximate surface area is 95.1 Å². The zero-order valence-corrected chi connectivity index (χ0v) is 8.86. The van der Waals surface area contributed by atoms with E-state index in [0.29, 0.717) is 10.7 Å². The molecule has 1 heterocycles. The van der Waals surface area contributed by atoms with Gasteiger partial charge in [-0.15, -0.1) is 5.10 Å². The van der Waals surface area contributed by atoms with Crippen LogP contribution in [0.5, 0.6) is 5.75 Å². The lowest BCUT2D eigenvalue weighted by Crippen LogP contribution is -2.18. The van der Waals surface area contributed by atoms with Crippen LogP contribution in [0.3, 0.4) is 0 Å². The number of benzene rings is 1. The van der Waals surface area contributed by atoms with Crippen molar-refractivity contribution < 1.29 is 9.90 Å². The van der Waals surface area contributed by atoms with E-state index in [2.05, 4.69) is 20.2 Å². The number of nitrogens with zero attached hydrogens (tertiary/aromatic N) is 2. The van der Waals surface area contributed by atoms with E-state index in [-0.39, 0.29) is 5.75 Å². The van der Waals surface area contributed by atoms with Crippen molar-refractivity contribution in [2.75, 3.05) is 10.6 Å². The van der Waals surface area contributed by atoms with Crippen LogP contribution in [-0.2, 0) is 0 Å². The van der Waals surface area contributed by atoms with E-state index in [1.807, 2.05) is 0 Å². The molecular formula is C9H8N4O2S. The summed E-state index contributed by atoms with van der Waals surface area (Å²) < 4.78 is 3.61. The molecule has 2 aromatic rings. The molecule has 1 aromatic heterocycles. The Morgan fingerprint density at radius 3 is 2.94 bits per heavy atom. The van der Waals surface area contributed by atoms with Gasteiger partial charge in [-0.3, -0.25) is 5.32 Å². The third kappa shape index (κ3) is 2.67. The second-order valence-corrected chi connectivity index (χ2v) is 3.70. The number of carbonyl (C=O) groups is 1. The summed E-state index contributed by atoms with van der Waals surface area (Å²) in [6.45, 7) is 0. The molecule has 3 N–H and O–H groups in total. The van der Waals surface area contributed by atoms with Gasteiger partial charge in [0.25, 0.3) is 0 Å². The maximum Gasteiger partial charge on any atom is 0.324 e. The van der Waals surface area contributed by atoms with Gasteiger partial charge in [0, 0.05) is 23.3 Å². The quantitative estimate of drug-likeness (QED) is 0.743. The van der Waals surface area contributed by atoms with Crippen LogP contribution in [0.15, 0.2) is 30.5 Å². The fourth-order valence-corrected chi connectivity index (χ4v) is 1.50. The van der Waals surface area contributed by atoms with E-state index < -0.39 is 6.03 Å². The van der Waals surface area contributed by atoms with Crippen LogP contribution in [-0.4, -0.2) is 20.7 Å². The van der Waals surface area contributed by atoms with E-state index in [1.165, 1.54) is 18.3 Å². The number of carbonyl (C=O) groups excluding carboxylic acids is 1. The second-order valence-electron chi connectivity index (χ2n) is 2.91. The van der Waals surface area contributed by atoms with Crippen LogP contribution in [0.25, 0.3) is 0 Å². The molecule has 0 aliphatic carbocycles. The van der Waals surface area contributed by atoms with Crippen molar-refractivity contribution in [2.24, 2.45) is 0 Å². The van der Waals surface area contributed by atoms with Gasteiger partial charge in [-0.05, 0) is 12.1 Å². The first kappa shape index (κ1) is 10.4. The van der Waals surface area contributed by atoms with Gasteiger partial charge in [0.1, 0.15) is 10.8 Å². The number of hydrogen-bond donors (Lipinski definition) is 3. The third-order valence-corrected chi connectivity index (χ3v) is 2.28. The SMILES string of the molecule is O=C(Nc1cccc(O)c1)Nc1cnns1. The molecule has 0 aliphatic rings. The molecule has 1 aromatic carbocycles. The van der Waals surface area contributed by atoms with Gasteiger partial charge in [-0.2, -0.15) is 0 Å². The zero-order valence-electron chi connectivity index (χ0n) is 8.04. The van der Waals surface area contributed by atoms with Crippen molar-refractivity contribution in [3.63, 3.8) is 0 Å². The number of phenols is 1. The molecule has 2 amide bonds. The summed E-state index contributed by atoms with van der Waals surface area (Å²) in [6.07, 6.45) is 1.45. The standard InChI is InChI=1S/C9H8N4O2S/c14-7-3-1-2-6(4-7)11-9(15)12-8-5-10-13-16-8/h1-5,14H,(H2,11,12,15). The molecular weight excluding hydrogens is 228 g/mol. The monoisotopic (exact) mass is 236 g/mol. The molecule has 16 heavy (non-hydrogen) atoms. The number of anilines is 2. The highest BCUT2D eigenvalue weighted by Gasteiger charge is 2.04. The van der Waals surface area contributed by atoms with Crippen molar-refractivity contribution in [2.45, 2.75) is 0 Å². The number of nitrogens with one attached hydrogen (secondary N) is 2. The van der Waals surface area contributed by atoms with Gasteiger partial charge in [0.2, 0.25) is 0 Å². The number of aromatic hydroxyl groups is 1. The summed E-state index contributed by atoms with van der Waals surface area (Å²) in [5.41, 5.74) is 0.509. The maximum atomic E-state index is 11.4. The molecule has 0 unspecified atom stereocenters. The van der Waals surface area contributed by atoms with Crippen LogP contribution in [0.4, 0.5) is 15.5 Å². The van der Waals surface area contributed by atoms with E-state index in [4.69, 9.17) is 0 Å². The van der Waals surface area contributed by atoms with Crippen molar-refractivity contribution in [3.05, 3.63) is 30.5 Å². The van der Waals surface area contributed by atoms with E-state index >= 15 is 0 Å². The molecule has 0 bridgehead atoms. The summed E-state index contributed by atoms with van der Waals surface area (Å²) in [7, 11) is 0. The third-order valence-electron chi connectivity index (χ3n) is 1.70. The average molecular weight is 236 g/mol. The van der Waals surface area contributed by atoms with Crippen molar-refractivity contribution >= 4 is 28.3 Å². The minimum Gasteiger partial charge on any atom is -0.508 e. The molecule has 2 rings (SSSR count). The molecule has 82 valence electrons. The Hall–Kier alpha value is -2.15. The second kappa shape index (κ2) is 4.58. The number of phenolic OH excluding ortho intramolecular Hbond substituents is 1. The fraction of sp³-hybridized carbons (Fsp3) is 0. The van der Waals surface area contributed by atoms with Gasteiger partial charge < -0.3 is 10.4 Å². The molecule has 0 aliphatic heterocycles.